The molecule has 2 aromatic rings. The van der Waals surface area contributed by atoms with Crippen molar-refractivity contribution in [1.82, 2.24) is 4.57 Å². The molecule has 2 rings (SSSR count). The number of hydrogen-bond donors (Lipinski definition) is 0. The lowest BCUT2D eigenvalue weighted by molar-refractivity contribution is 0.111. The summed E-state index contributed by atoms with van der Waals surface area (Å²) in [6.45, 7) is 2.67. The Hall–Kier alpha value is -2.30. The lowest BCUT2D eigenvalue weighted by Gasteiger charge is -2.17. The van der Waals surface area contributed by atoms with Crippen LogP contribution in [0.15, 0.2) is 23.0 Å². The first kappa shape index (κ1) is 18.0. The molecule has 1 aromatic heterocycles. The fourth-order valence-corrected chi connectivity index (χ4v) is 2.76. The van der Waals surface area contributed by atoms with E-state index in [9.17, 15) is 9.59 Å². The molecule has 5 heteroatoms. The van der Waals surface area contributed by atoms with E-state index in [2.05, 4.69) is 6.92 Å². The van der Waals surface area contributed by atoms with E-state index in [1.54, 1.807) is 7.05 Å². The summed E-state index contributed by atoms with van der Waals surface area (Å²) in [6.07, 6.45) is 4.91. The van der Waals surface area contributed by atoms with Gasteiger partial charge in [0.05, 0.1) is 12.1 Å². The van der Waals surface area contributed by atoms with Crippen LogP contribution in [0, 0.1) is 0 Å². The van der Waals surface area contributed by atoms with Gasteiger partial charge in [0.15, 0.2) is 6.29 Å². The molecule has 130 valence electrons. The zero-order valence-electron chi connectivity index (χ0n) is 15.0. The summed E-state index contributed by atoms with van der Waals surface area (Å²) in [7, 11) is 5.58. The van der Waals surface area contributed by atoms with Gasteiger partial charge in [0, 0.05) is 32.2 Å². The molecule has 0 bridgehead atoms. The summed E-state index contributed by atoms with van der Waals surface area (Å²) in [4.78, 5) is 25.9. The maximum Gasteiger partial charge on any atom is 0.265 e. The van der Waals surface area contributed by atoms with Crippen LogP contribution in [0.5, 0.6) is 5.75 Å². The number of aryl methyl sites for hydroxylation is 1. The van der Waals surface area contributed by atoms with Gasteiger partial charge < -0.3 is 14.2 Å². The first-order valence-corrected chi connectivity index (χ1v) is 8.43. The van der Waals surface area contributed by atoms with Crippen molar-refractivity contribution in [3.63, 3.8) is 0 Å². The Balaban J connectivity index is 2.48. The van der Waals surface area contributed by atoms with Crippen LogP contribution in [0.1, 0.15) is 43.0 Å². The second-order valence-electron chi connectivity index (χ2n) is 6.23. The number of rotatable bonds is 8. The zero-order valence-corrected chi connectivity index (χ0v) is 15.0. The smallest absolute Gasteiger partial charge is 0.265 e. The van der Waals surface area contributed by atoms with Crippen LogP contribution in [0.2, 0.25) is 0 Å². The average molecular weight is 330 g/mol. The molecule has 0 aliphatic rings. The maximum atomic E-state index is 12.5. The Bertz CT molecular complexity index is 778. The summed E-state index contributed by atoms with van der Waals surface area (Å²) < 4.78 is 7.38. The molecule has 0 radical (unpaired) electrons. The second kappa shape index (κ2) is 7.99. The van der Waals surface area contributed by atoms with Crippen LogP contribution in [0.25, 0.3) is 10.9 Å². The van der Waals surface area contributed by atoms with E-state index in [1.165, 1.54) is 4.57 Å². The van der Waals surface area contributed by atoms with Gasteiger partial charge in [-0.1, -0.05) is 26.2 Å². The molecule has 0 atom stereocenters. The Morgan fingerprint density at radius 1 is 1.21 bits per heavy atom. The standard InChI is InChI=1S/C19H26N2O3/c1-5-6-7-8-11-24-18-15-10-9-14(20(2)3)12-17(15)21(4)19(23)16(18)13-22/h9-10,12-13H,5-8,11H2,1-4H3. The highest BCUT2D eigenvalue weighted by Crippen LogP contribution is 2.29. The molecule has 1 heterocycles. The predicted octanol–water partition coefficient (Wildman–Crippen LogP) is 3.38. The Morgan fingerprint density at radius 2 is 1.96 bits per heavy atom. The average Bonchev–Trinajstić information content (AvgIpc) is 2.58. The summed E-state index contributed by atoms with van der Waals surface area (Å²) in [5.74, 6) is 0.407. The van der Waals surface area contributed by atoms with E-state index in [-0.39, 0.29) is 11.1 Å². The Morgan fingerprint density at radius 3 is 2.58 bits per heavy atom. The molecule has 0 saturated heterocycles. The monoisotopic (exact) mass is 330 g/mol. The van der Waals surface area contributed by atoms with Gasteiger partial charge in [-0.2, -0.15) is 0 Å². The van der Waals surface area contributed by atoms with Crippen molar-refractivity contribution >= 4 is 22.9 Å². The minimum Gasteiger partial charge on any atom is -0.492 e. The van der Waals surface area contributed by atoms with Crippen LogP contribution >= 0.6 is 0 Å². The number of aldehydes is 1. The van der Waals surface area contributed by atoms with Gasteiger partial charge in [-0.15, -0.1) is 0 Å². The third-order valence-electron chi connectivity index (χ3n) is 4.25. The normalized spacial score (nSPS) is 10.8. The molecule has 0 aliphatic heterocycles. The molecule has 0 amide bonds. The van der Waals surface area contributed by atoms with E-state index < -0.39 is 0 Å². The largest absolute Gasteiger partial charge is 0.492 e. The maximum absolute atomic E-state index is 12.5. The predicted molar refractivity (Wildman–Crippen MR) is 98.5 cm³/mol. The van der Waals surface area contributed by atoms with Crippen molar-refractivity contribution < 1.29 is 9.53 Å². The van der Waals surface area contributed by atoms with E-state index in [0.717, 1.165) is 42.3 Å². The minimum atomic E-state index is -0.322. The third-order valence-corrected chi connectivity index (χ3v) is 4.25. The summed E-state index contributed by atoms with van der Waals surface area (Å²) in [5.41, 5.74) is 1.53. The molecule has 5 nitrogen and oxygen atoms in total. The van der Waals surface area contributed by atoms with Gasteiger partial charge >= 0.3 is 0 Å². The summed E-state index contributed by atoms with van der Waals surface area (Å²) in [5, 5.41) is 0.792. The first-order chi connectivity index (χ1) is 11.5. The third kappa shape index (κ3) is 3.61. The molecular weight excluding hydrogens is 304 g/mol. The molecule has 0 saturated carbocycles. The first-order valence-electron chi connectivity index (χ1n) is 8.43. The highest BCUT2D eigenvalue weighted by molar-refractivity contribution is 5.95. The summed E-state index contributed by atoms with van der Waals surface area (Å²) in [6, 6.07) is 5.82. The van der Waals surface area contributed by atoms with Gasteiger partial charge in [-0.25, -0.2) is 0 Å². The Labute approximate surface area is 142 Å². The number of aromatic nitrogens is 1. The molecule has 0 spiro atoms. The number of benzene rings is 1. The van der Waals surface area contributed by atoms with Crippen molar-refractivity contribution in [2.24, 2.45) is 7.05 Å². The number of fused-ring (bicyclic) bond motifs is 1. The number of ether oxygens (including phenoxy) is 1. The number of carbonyl (C=O) groups excluding carboxylic acids is 1. The van der Waals surface area contributed by atoms with Crippen LogP contribution < -0.4 is 15.2 Å². The van der Waals surface area contributed by atoms with Crippen molar-refractivity contribution in [2.75, 3.05) is 25.6 Å². The van der Waals surface area contributed by atoms with E-state index in [4.69, 9.17) is 4.74 Å². The van der Waals surface area contributed by atoms with Crippen molar-refractivity contribution in [2.45, 2.75) is 32.6 Å². The van der Waals surface area contributed by atoms with Crippen LogP contribution in [-0.4, -0.2) is 31.6 Å². The van der Waals surface area contributed by atoms with E-state index >= 15 is 0 Å². The SMILES string of the molecule is CCCCCCOc1c(C=O)c(=O)n(C)c2cc(N(C)C)ccc12. The molecule has 0 unspecified atom stereocenters. The number of unbranched alkanes of at least 4 members (excludes halogenated alkanes) is 3. The van der Waals surface area contributed by atoms with Gasteiger partial charge in [0.25, 0.3) is 5.56 Å². The molecule has 0 aliphatic carbocycles. The van der Waals surface area contributed by atoms with Crippen molar-refractivity contribution in [3.05, 3.63) is 34.1 Å². The fourth-order valence-electron chi connectivity index (χ4n) is 2.76. The fraction of sp³-hybridized carbons (Fsp3) is 0.474. The molecule has 0 fully saturated rings. The van der Waals surface area contributed by atoms with E-state index in [1.807, 2.05) is 37.2 Å². The number of nitrogens with zero attached hydrogens (tertiary/aromatic N) is 2. The number of pyridine rings is 1. The van der Waals surface area contributed by atoms with Crippen LogP contribution in [0.4, 0.5) is 5.69 Å². The molecule has 0 N–H and O–H groups in total. The number of anilines is 1. The van der Waals surface area contributed by atoms with Gasteiger partial charge in [-0.05, 0) is 24.6 Å². The van der Waals surface area contributed by atoms with Gasteiger partial charge in [-0.3, -0.25) is 9.59 Å². The second-order valence-corrected chi connectivity index (χ2v) is 6.23. The van der Waals surface area contributed by atoms with Crippen LogP contribution in [0.3, 0.4) is 0 Å². The summed E-state index contributed by atoms with van der Waals surface area (Å²) >= 11 is 0. The highest BCUT2D eigenvalue weighted by Gasteiger charge is 2.16. The molecule has 1 aromatic carbocycles. The van der Waals surface area contributed by atoms with Gasteiger partial charge in [0.2, 0.25) is 0 Å². The Kier molecular flexibility index (Phi) is 6.01. The van der Waals surface area contributed by atoms with Gasteiger partial charge in [0.1, 0.15) is 11.3 Å². The lowest BCUT2D eigenvalue weighted by Crippen LogP contribution is -2.23. The topological polar surface area (TPSA) is 51.5 Å². The molecule has 24 heavy (non-hydrogen) atoms. The lowest BCUT2D eigenvalue weighted by atomic mass is 10.1. The zero-order chi connectivity index (χ0) is 17.7. The van der Waals surface area contributed by atoms with E-state index in [0.29, 0.717) is 18.6 Å². The molecular formula is C19H26N2O3. The number of hydrogen-bond acceptors (Lipinski definition) is 4. The quantitative estimate of drug-likeness (QED) is 0.550. The van der Waals surface area contributed by atoms with Crippen molar-refractivity contribution in [3.8, 4) is 5.75 Å². The van der Waals surface area contributed by atoms with Crippen LogP contribution in [-0.2, 0) is 7.05 Å². The van der Waals surface area contributed by atoms with Crippen molar-refractivity contribution in [1.29, 1.82) is 0 Å². The highest BCUT2D eigenvalue weighted by atomic mass is 16.5. The number of carbonyl (C=O) groups is 1. The minimum absolute atomic E-state index is 0.0955.